The van der Waals surface area contributed by atoms with Crippen LogP contribution in [0.3, 0.4) is 0 Å². The molecule has 0 radical (unpaired) electrons. The average Bonchev–Trinajstić information content (AvgIpc) is 3.80. The van der Waals surface area contributed by atoms with E-state index in [1.54, 1.807) is 11.1 Å². The molecule has 0 amide bonds. The minimum absolute atomic E-state index is 0.0354. The number of benzene rings is 8. The lowest BCUT2D eigenvalue weighted by molar-refractivity contribution is -0.0399. The van der Waals surface area contributed by atoms with E-state index in [1.807, 2.05) is 12.1 Å². The van der Waals surface area contributed by atoms with Gasteiger partial charge in [-0.25, -0.2) is 15.0 Å². The number of rotatable bonds is 6. The summed E-state index contributed by atoms with van der Waals surface area (Å²) in [7, 11) is 0. The second-order valence-electron chi connectivity index (χ2n) is 20.8. The maximum atomic E-state index is 5.29. The zero-order chi connectivity index (χ0) is 44.4. The van der Waals surface area contributed by atoms with E-state index >= 15 is 0 Å². The molecular weight excluding hydrogens is 811 g/mol. The van der Waals surface area contributed by atoms with Gasteiger partial charge in [-0.1, -0.05) is 166 Å². The summed E-state index contributed by atoms with van der Waals surface area (Å²) < 4.78 is 0. The van der Waals surface area contributed by atoms with Gasteiger partial charge in [0.2, 0.25) is 0 Å². The Hall–Kier alpha value is -7.23. The van der Waals surface area contributed by atoms with Gasteiger partial charge in [0.05, 0.1) is 0 Å². The van der Waals surface area contributed by atoms with E-state index in [0.29, 0.717) is 29.3 Å². The summed E-state index contributed by atoms with van der Waals surface area (Å²) in [5.41, 5.74) is 21.6. The summed E-state index contributed by atoms with van der Waals surface area (Å²) in [6, 6.07) is 69.7. The molecule has 0 atom stereocenters. The van der Waals surface area contributed by atoms with Crippen molar-refractivity contribution in [2.24, 2.45) is 23.7 Å². The van der Waals surface area contributed by atoms with Gasteiger partial charge in [-0.15, -0.1) is 0 Å². The maximum Gasteiger partial charge on any atom is 0.164 e. The van der Waals surface area contributed by atoms with Gasteiger partial charge in [-0.05, 0) is 170 Å². The van der Waals surface area contributed by atoms with Crippen LogP contribution in [-0.2, 0) is 10.8 Å². The first-order valence-corrected chi connectivity index (χ1v) is 24.5. The Bertz CT molecular complexity index is 3360. The fraction of sp³-hybridized carbons (Fsp3) is 0.203. The van der Waals surface area contributed by atoms with Crippen molar-refractivity contribution in [3.8, 4) is 89.8 Å². The summed E-state index contributed by atoms with van der Waals surface area (Å²) >= 11 is 0. The average molecular weight is 862 g/mol. The van der Waals surface area contributed by atoms with Crippen LogP contribution in [0.5, 0.6) is 0 Å². The minimum Gasteiger partial charge on any atom is -0.208 e. The largest absolute Gasteiger partial charge is 0.208 e. The number of hydrogen-bond donors (Lipinski definition) is 0. The van der Waals surface area contributed by atoms with Gasteiger partial charge in [0, 0.05) is 27.5 Å². The van der Waals surface area contributed by atoms with E-state index in [0.717, 1.165) is 34.1 Å². The molecule has 1 aromatic heterocycles. The first-order valence-electron chi connectivity index (χ1n) is 24.5. The van der Waals surface area contributed by atoms with E-state index in [-0.39, 0.29) is 10.8 Å². The van der Waals surface area contributed by atoms with E-state index in [1.165, 1.54) is 93.3 Å². The summed E-state index contributed by atoms with van der Waals surface area (Å²) in [6.45, 7) is 4.74. The van der Waals surface area contributed by atoms with E-state index in [2.05, 4.69) is 190 Å². The number of aromatic nitrogens is 3. The molecule has 6 aliphatic rings. The Kier molecular flexibility index (Phi) is 8.51. The molecule has 8 aromatic carbocycles. The fourth-order valence-electron chi connectivity index (χ4n) is 14.1. The Balaban J connectivity index is 0.981. The van der Waals surface area contributed by atoms with Crippen LogP contribution in [0.25, 0.3) is 89.8 Å². The zero-order valence-corrected chi connectivity index (χ0v) is 38.1. The lowest BCUT2D eigenvalue weighted by atomic mass is 9.43. The highest BCUT2D eigenvalue weighted by atomic mass is 15.0. The lowest BCUT2D eigenvalue weighted by Crippen LogP contribution is -2.55. The first kappa shape index (κ1) is 39.0. The number of fused-ring (bicyclic) bond motifs is 6. The van der Waals surface area contributed by atoms with Crippen molar-refractivity contribution in [3.05, 3.63) is 210 Å². The molecule has 322 valence electrons. The molecule has 4 saturated carbocycles. The van der Waals surface area contributed by atoms with Crippen molar-refractivity contribution in [1.29, 1.82) is 0 Å². The lowest BCUT2D eigenvalue weighted by Gasteiger charge is -2.61. The summed E-state index contributed by atoms with van der Waals surface area (Å²) in [5.74, 6) is 5.09. The molecule has 1 heterocycles. The fourth-order valence-corrected chi connectivity index (χ4v) is 14.1. The van der Waals surface area contributed by atoms with E-state index in [4.69, 9.17) is 15.0 Å². The third kappa shape index (κ3) is 5.93. The molecule has 15 rings (SSSR count). The van der Waals surface area contributed by atoms with Crippen molar-refractivity contribution in [2.75, 3.05) is 0 Å². The van der Waals surface area contributed by atoms with Gasteiger partial charge < -0.3 is 0 Å². The Morgan fingerprint density at radius 2 is 0.761 bits per heavy atom. The first-order chi connectivity index (χ1) is 32.9. The number of nitrogens with zero attached hydrogens (tertiary/aromatic N) is 3. The molecular formula is C64H51N3. The Labute approximate surface area is 393 Å². The third-order valence-corrected chi connectivity index (χ3v) is 16.9. The molecule has 3 heteroatoms. The molecule has 3 nitrogen and oxygen atoms in total. The second kappa shape index (κ2) is 14.6. The van der Waals surface area contributed by atoms with Crippen LogP contribution in [-0.4, -0.2) is 15.0 Å². The van der Waals surface area contributed by atoms with Crippen LogP contribution in [0.1, 0.15) is 68.2 Å². The summed E-state index contributed by atoms with van der Waals surface area (Å²) in [6.07, 6.45) is 6.83. The van der Waals surface area contributed by atoms with Crippen molar-refractivity contribution in [2.45, 2.75) is 56.8 Å². The molecule has 4 bridgehead atoms. The monoisotopic (exact) mass is 861 g/mol. The highest BCUT2D eigenvalue weighted by Crippen LogP contribution is 2.69. The van der Waals surface area contributed by atoms with Crippen LogP contribution in [0.15, 0.2) is 188 Å². The molecule has 9 aromatic rings. The molecule has 0 aliphatic heterocycles. The Morgan fingerprint density at radius 3 is 1.36 bits per heavy atom. The van der Waals surface area contributed by atoms with E-state index in [9.17, 15) is 0 Å². The molecule has 0 saturated heterocycles. The van der Waals surface area contributed by atoms with Crippen molar-refractivity contribution in [1.82, 2.24) is 15.0 Å². The maximum absolute atomic E-state index is 5.29. The Morgan fingerprint density at radius 1 is 0.313 bits per heavy atom. The van der Waals surface area contributed by atoms with Crippen LogP contribution in [0.4, 0.5) is 0 Å². The quantitative estimate of drug-likeness (QED) is 0.167. The predicted molar refractivity (Wildman–Crippen MR) is 273 cm³/mol. The number of hydrogen-bond acceptors (Lipinski definition) is 3. The second-order valence-corrected chi connectivity index (χ2v) is 20.8. The smallest absolute Gasteiger partial charge is 0.164 e. The molecule has 4 fully saturated rings. The molecule has 6 aliphatic carbocycles. The summed E-state index contributed by atoms with van der Waals surface area (Å²) in [4.78, 5) is 15.7. The van der Waals surface area contributed by atoms with Gasteiger partial charge in [0.25, 0.3) is 0 Å². The summed E-state index contributed by atoms with van der Waals surface area (Å²) in [5, 5.41) is 0. The van der Waals surface area contributed by atoms with Gasteiger partial charge in [0.1, 0.15) is 0 Å². The van der Waals surface area contributed by atoms with Crippen molar-refractivity contribution < 1.29 is 0 Å². The highest BCUT2D eigenvalue weighted by Gasteiger charge is 2.61. The van der Waals surface area contributed by atoms with Crippen LogP contribution in [0.2, 0.25) is 0 Å². The topological polar surface area (TPSA) is 38.7 Å². The van der Waals surface area contributed by atoms with Gasteiger partial charge in [-0.3, -0.25) is 0 Å². The molecule has 0 N–H and O–H groups in total. The van der Waals surface area contributed by atoms with Gasteiger partial charge in [-0.2, -0.15) is 0 Å². The van der Waals surface area contributed by atoms with Crippen molar-refractivity contribution >= 4 is 0 Å². The third-order valence-electron chi connectivity index (χ3n) is 16.9. The molecule has 0 unspecified atom stereocenters. The molecule has 1 spiro atoms. The highest BCUT2D eigenvalue weighted by molar-refractivity contribution is 5.90. The standard InChI is InChI=1S/C64H51N3/c1-63(2)56-21-13-12-20-52(56)53-25-22-45(37-58(53)63)47-33-48(35-49(34-47)62-66-60(42-16-8-4-9-17-42)65-61(67-62)43-18-10-5-11-19-43)46-23-26-54-55-36-44(41-14-6-3-7-15-41)24-27-57(55)64(59(54)38-46)50-29-39-28-40(31-50)32-51(64)30-39/h3-27,33-40,50-51H,28-32H2,1-2H3. The van der Waals surface area contributed by atoms with Gasteiger partial charge >= 0.3 is 0 Å². The van der Waals surface area contributed by atoms with Crippen molar-refractivity contribution in [3.63, 3.8) is 0 Å². The SMILES string of the molecule is CC1(C)c2ccccc2-c2ccc(-c3cc(-c4ccc5c(c4)C4(c6ccc(-c7ccccc7)cc6-5)C5CC6CC(C5)CC4C6)cc(-c4nc(-c5ccccc5)nc(-c5ccccc5)n4)c3)cc21. The van der Waals surface area contributed by atoms with Crippen LogP contribution in [0, 0.1) is 23.7 Å². The van der Waals surface area contributed by atoms with E-state index < -0.39 is 0 Å². The minimum atomic E-state index is -0.117. The normalized spacial score (nSPS) is 22.1. The predicted octanol–water partition coefficient (Wildman–Crippen LogP) is 15.9. The van der Waals surface area contributed by atoms with Gasteiger partial charge in [0.15, 0.2) is 17.5 Å². The zero-order valence-electron chi connectivity index (χ0n) is 38.1. The molecule has 67 heavy (non-hydrogen) atoms. The van der Waals surface area contributed by atoms with Crippen LogP contribution >= 0.6 is 0 Å². The van der Waals surface area contributed by atoms with Crippen LogP contribution < -0.4 is 0 Å².